The number of rotatable bonds is 16. The molecule has 0 N–H and O–H groups in total. The molecule has 0 bridgehead atoms. The fourth-order valence-corrected chi connectivity index (χ4v) is 6.53. The van der Waals surface area contributed by atoms with E-state index in [0.29, 0.717) is 0 Å². The third kappa shape index (κ3) is 12.0. The molecule has 1 heterocycles. The summed E-state index contributed by atoms with van der Waals surface area (Å²) in [5.74, 6) is 0. The van der Waals surface area contributed by atoms with Crippen molar-refractivity contribution in [1.82, 2.24) is 4.98 Å². The quantitative estimate of drug-likeness (QED) is 0.0900. The summed E-state index contributed by atoms with van der Waals surface area (Å²) in [4.78, 5) is 15.8. The van der Waals surface area contributed by atoms with Crippen LogP contribution < -0.4 is 0 Å². The number of pyridine rings is 1. The average molecular weight is 630 g/mol. The number of hydrogen-bond donors (Lipinski definition) is 0. The first-order valence-corrected chi connectivity index (χ1v) is 23.1. The molecule has 0 aliphatic heterocycles. The van der Waals surface area contributed by atoms with Crippen LogP contribution in [0.1, 0.15) is 72.2 Å². The summed E-state index contributed by atoms with van der Waals surface area (Å²) >= 11 is 0. The standard InChI is InChI=1S/C37H55N3O2Si2/c1-28-18-15-19-29(2)36(28)39-34(22-11-13-26-41-43(5,6)7)32-24-17-25-33(38-32)35(23-12-14-27-42-44(8,9)10)40-37-30(3)20-16-21-31(37)4/h15-21,24-25H,11-14,22-23,26-27H2,1-10H3. The molecule has 0 saturated carbocycles. The summed E-state index contributed by atoms with van der Waals surface area (Å²) < 4.78 is 12.3. The van der Waals surface area contributed by atoms with Crippen LogP contribution in [0, 0.1) is 27.7 Å². The van der Waals surface area contributed by atoms with Crippen molar-refractivity contribution in [2.75, 3.05) is 13.2 Å². The van der Waals surface area contributed by atoms with Crippen LogP contribution in [0.5, 0.6) is 0 Å². The first kappa shape index (κ1) is 35.8. The zero-order valence-electron chi connectivity index (χ0n) is 29.0. The second-order valence-electron chi connectivity index (χ2n) is 13.8. The number of unbranched alkanes of at least 4 members (excludes halogenated alkanes) is 2. The fourth-order valence-electron chi connectivity index (χ4n) is 5.02. The third-order valence-corrected chi connectivity index (χ3v) is 9.54. The summed E-state index contributed by atoms with van der Waals surface area (Å²) in [5.41, 5.74) is 10.7. The number of aliphatic imine (C=N–C) groups is 2. The molecule has 0 aliphatic carbocycles. The van der Waals surface area contributed by atoms with E-state index in [1.807, 2.05) is 0 Å². The summed E-state index contributed by atoms with van der Waals surface area (Å²) in [6.45, 7) is 23.6. The first-order chi connectivity index (χ1) is 20.7. The molecule has 0 radical (unpaired) electrons. The fraction of sp³-hybridized carbons (Fsp3) is 0.486. The molecular formula is C37H55N3O2Si2. The van der Waals surface area contributed by atoms with Gasteiger partial charge < -0.3 is 8.85 Å². The van der Waals surface area contributed by atoms with Gasteiger partial charge >= 0.3 is 0 Å². The molecule has 0 saturated heterocycles. The number of aromatic nitrogens is 1. The normalized spacial score (nSPS) is 13.0. The molecule has 1 aromatic heterocycles. The molecule has 5 nitrogen and oxygen atoms in total. The molecule has 2 aromatic carbocycles. The van der Waals surface area contributed by atoms with Gasteiger partial charge in [0.15, 0.2) is 16.6 Å². The Labute approximate surface area is 269 Å². The molecule has 44 heavy (non-hydrogen) atoms. The Kier molecular flexibility index (Phi) is 13.5. The highest BCUT2D eigenvalue weighted by Gasteiger charge is 2.16. The Morgan fingerprint density at radius 3 is 1.23 bits per heavy atom. The van der Waals surface area contributed by atoms with Crippen molar-refractivity contribution in [3.8, 4) is 0 Å². The molecule has 3 aromatic rings. The largest absolute Gasteiger partial charge is 0.418 e. The maximum Gasteiger partial charge on any atom is 0.183 e. The van der Waals surface area contributed by atoms with Gasteiger partial charge in [0.2, 0.25) is 0 Å². The predicted molar refractivity (Wildman–Crippen MR) is 195 cm³/mol. The van der Waals surface area contributed by atoms with Crippen molar-refractivity contribution in [2.24, 2.45) is 9.98 Å². The van der Waals surface area contributed by atoms with E-state index in [1.165, 1.54) is 22.3 Å². The molecule has 238 valence electrons. The van der Waals surface area contributed by atoms with Crippen molar-refractivity contribution in [2.45, 2.75) is 106 Å². The number of benzene rings is 2. The van der Waals surface area contributed by atoms with Crippen LogP contribution in [0.2, 0.25) is 39.3 Å². The van der Waals surface area contributed by atoms with E-state index in [9.17, 15) is 0 Å². The first-order valence-electron chi connectivity index (χ1n) is 16.3. The molecule has 3 rings (SSSR count). The third-order valence-electron chi connectivity index (χ3n) is 7.40. The lowest BCUT2D eigenvalue weighted by molar-refractivity contribution is 0.301. The van der Waals surface area contributed by atoms with Gasteiger partial charge in [0.05, 0.1) is 34.2 Å². The van der Waals surface area contributed by atoms with Gasteiger partial charge in [-0.05, 0) is 140 Å². The highest BCUT2D eigenvalue weighted by atomic mass is 28.4. The van der Waals surface area contributed by atoms with Crippen LogP contribution >= 0.6 is 0 Å². The maximum absolute atomic E-state index is 6.13. The Balaban J connectivity index is 1.97. The molecule has 0 spiro atoms. The van der Waals surface area contributed by atoms with E-state index in [1.54, 1.807) is 0 Å². The SMILES string of the molecule is Cc1cccc(C)c1N=C(CCCCO[Si](C)(C)C)c1cccc(C(CCCCO[Si](C)(C)C)=Nc2c(C)cccc2C)n1. The van der Waals surface area contributed by atoms with Crippen molar-refractivity contribution in [3.63, 3.8) is 0 Å². The van der Waals surface area contributed by atoms with Crippen LogP contribution in [0.3, 0.4) is 0 Å². The lowest BCUT2D eigenvalue weighted by Crippen LogP contribution is -2.25. The number of aryl methyl sites for hydroxylation is 4. The van der Waals surface area contributed by atoms with Gasteiger partial charge in [0.1, 0.15) is 0 Å². The van der Waals surface area contributed by atoms with Crippen LogP contribution in [0.25, 0.3) is 0 Å². The second kappa shape index (κ2) is 16.6. The Bertz CT molecular complexity index is 1290. The zero-order valence-corrected chi connectivity index (χ0v) is 31.0. The summed E-state index contributed by atoms with van der Waals surface area (Å²) in [6, 6.07) is 19.1. The Hall–Kier alpha value is -2.72. The smallest absolute Gasteiger partial charge is 0.183 e. The molecule has 7 heteroatoms. The van der Waals surface area contributed by atoms with Gasteiger partial charge in [0.25, 0.3) is 0 Å². The maximum atomic E-state index is 6.13. The van der Waals surface area contributed by atoms with E-state index in [0.717, 1.165) is 85.9 Å². The van der Waals surface area contributed by atoms with Gasteiger partial charge in [-0.1, -0.05) is 42.5 Å². The van der Waals surface area contributed by atoms with Crippen molar-refractivity contribution < 1.29 is 8.85 Å². The van der Waals surface area contributed by atoms with Crippen molar-refractivity contribution in [3.05, 3.63) is 88.2 Å². The summed E-state index contributed by atoms with van der Waals surface area (Å²) in [5, 5.41) is 0. The summed E-state index contributed by atoms with van der Waals surface area (Å²) in [6.07, 6.45) is 5.71. The molecule has 0 unspecified atom stereocenters. The monoisotopic (exact) mass is 629 g/mol. The zero-order chi connectivity index (χ0) is 32.3. The Morgan fingerprint density at radius 1 is 0.545 bits per heavy atom. The van der Waals surface area contributed by atoms with Crippen molar-refractivity contribution in [1.29, 1.82) is 0 Å². The lowest BCUT2D eigenvalue weighted by Gasteiger charge is -2.17. The predicted octanol–water partition coefficient (Wildman–Crippen LogP) is 10.6. The number of para-hydroxylation sites is 2. The number of hydrogen-bond acceptors (Lipinski definition) is 5. The summed E-state index contributed by atoms with van der Waals surface area (Å²) in [7, 11) is -3.05. The highest BCUT2D eigenvalue weighted by molar-refractivity contribution is 6.70. The minimum absolute atomic E-state index is 0.799. The van der Waals surface area contributed by atoms with E-state index < -0.39 is 16.6 Å². The molecule has 0 fully saturated rings. The molecule has 0 amide bonds. The molecule has 0 aliphatic rings. The average Bonchev–Trinajstić information content (AvgIpc) is 2.93. The van der Waals surface area contributed by atoms with E-state index in [4.69, 9.17) is 23.8 Å². The van der Waals surface area contributed by atoms with Crippen molar-refractivity contribution >= 4 is 39.4 Å². The minimum Gasteiger partial charge on any atom is -0.418 e. The van der Waals surface area contributed by atoms with Crippen LogP contribution in [0.4, 0.5) is 11.4 Å². The molecular weight excluding hydrogens is 575 g/mol. The second-order valence-corrected chi connectivity index (χ2v) is 22.9. The minimum atomic E-state index is -1.52. The van der Waals surface area contributed by atoms with Gasteiger partial charge in [-0.15, -0.1) is 0 Å². The van der Waals surface area contributed by atoms with Crippen LogP contribution in [0.15, 0.2) is 64.6 Å². The Morgan fingerprint density at radius 2 is 0.886 bits per heavy atom. The van der Waals surface area contributed by atoms with Gasteiger partial charge in [-0.3, -0.25) is 9.98 Å². The highest BCUT2D eigenvalue weighted by Crippen LogP contribution is 2.27. The lowest BCUT2D eigenvalue weighted by atomic mass is 10.0. The van der Waals surface area contributed by atoms with E-state index >= 15 is 0 Å². The number of nitrogens with zero attached hydrogens (tertiary/aromatic N) is 3. The van der Waals surface area contributed by atoms with Gasteiger partial charge in [-0.25, -0.2) is 4.98 Å². The van der Waals surface area contributed by atoms with Crippen LogP contribution in [-0.2, 0) is 8.85 Å². The van der Waals surface area contributed by atoms with E-state index in [-0.39, 0.29) is 0 Å². The topological polar surface area (TPSA) is 56.1 Å². The van der Waals surface area contributed by atoms with E-state index in [2.05, 4.69) is 122 Å². The van der Waals surface area contributed by atoms with Gasteiger partial charge in [-0.2, -0.15) is 0 Å². The molecule has 0 atom stereocenters. The van der Waals surface area contributed by atoms with Gasteiger partial charge in [0, 0.05) is 13.2 Å². The van der Waals surface area contributed by atoms with Crippen LogP contribution in [-0.4, -0.2) is 46.3 Å².